The van der Waals surface area contributed by atoms with Crippen LogP contribution in [0, 0.1) is 0 Å². The van der Waals surface area contributed by atoms with Crippen LogP contribution < -0.4 is 9.47 Å². The predicted octanol–water partition coefficient (Wildman–Crippen LogP) is 5.93. The number of hydrogen-bond donors (Lipinski definition) is 0. The van der Waals surface area contributed by atoms with Crippen molar-refractivity contribution in [3.8, 4) is 11.5 Å². The molecule has 1 atom stereocenters. The maximum absolute atomic E-state index is 6.21. The molecule has 7 nitrogen and oxygen atoms in total. The van der Waals surface area contributed by atoms with Crippen molar-refractivity contribution in [2.45, 2.75) is 23.6 Å². The number of para-hydroxylation sites is 2. The zero-order chi connectivity index (χ0) is 22.9. The van der Waals surface area contributed by atoms with Gasteiger partial charge in [-0.15, -0.1) is 10.2 Å². The lowest BCUT2D eigenvalue weighted by molar-refractivity contribution is 0.0686. The lowest BCUT2D eigenvalue weighted by Crippen LogP contribution is -2.21. The molecule has 0 N–H and O–H groups in total. The molecule has 0 aliphatic carbocycles. The smallest absolute Gasteiger partial charge is 0.277 e. The number of nitrogens with zero attached hydrogens (tertiary/aromatic N) is 4. The van der Waals surface area contributed by atoms with E-state index < -0.39 is 6.10 Å². The van der Waals surface area contributed by atoms with Crippen molar-refractivity contribution in [2.75, 3.05) is 6.61 Å². The van der Waals surface area contributed by atoms with E-state index in [0.717, 1.165) is 16.9 Å². The number of aromatic nitrogens is 4. The van der Waals surface area contributed by atoms with Gasteiger partial charge >= 0.3 is 0 Å². The molecular formula is C25H19ClN4O3S. The molecule has 0 amide bonds. The fraction of sp³-hybridized carbons (Fsp3) is 0.160. The lowest BCUT2D eigenvalue weighted by atomic mass is 10.2. The van der Waals surface area contributed by atoms with Crippen LogP contribution in [0.2, 0.25) is 5.02 Å². The Balaban J connectivity index is 1.22. The summed E-state index contributed by atoms with van der Waals surface area (Å²) in [6.07, 6.45) is -0.443. The highest BCUT2D eigenvalue weighted by atomic mass is 35.5. The molecule has 0 radical (unpaired) electrons. The van der Waals surface area contributed by atoms with E-state index in [4.69, 9.17) is 30.5 Å². The normalized spacial score (nSPS) is 15.0. The van der Waals surface area contributed by atoms with Gasteiger partial charge in [0, 0.05) is 11.6 Å². The van der Waals surface area contributed by atoms with Crippen molar-refractivity contribution in [1.82, 2.24) is 19.7 Å². The Labute approximate surface area is 204 Å². The van der Waals surface area contributed by atoms with Gasteiger partial charge in [-0.2, -0.15) is 0 Å². The molecule has 3 heterocycles. The second kappa shape index (κ2) is 9.04. The van der Waals surface area contributed by atoms with E-state index >= 15 is 0 Å². The topological polar surface area (TPSA) is 75.2 Å². The first-order chi connectivity index (χ1) is 16.7. The van der Waals surface area contributed by atoms with Gasteiger partial charge in [0.1, 0.15) is 12.4 Å². The third-order valence-electron chi connectivity index (χ3n) is 5.50. The van der Waals surface area contributed by atoms with Crippen molar-refractivity contribution in [1.29, 1.82) is 0 Å². The number of fused-ring (bicyclic) bond motifs is 2. The molecule has 2 aromatic heterocycles. The summed E-state index contributed by atoms with van der Waals surface area (Å²) in [5.41, 5.74) is 3.08. The predicted molar refractivity (Wildman–Crippen MR) is 129 cm³/mol. The van der Waals surface area contributed by atoms with Crippen LogP contribution in [-0.2, 0) is 12.3 Å². The minimum atomic E-state index is -0.443. The van der Waals surface area contributed by atoms with E-state index in [0.29, 0.717) is 46.5 Å². The summed E-state index contributed by atoms with van der Waals surface area (Å²) in [4.78, 5) is 4.83. The van der Waals surface area contributed by atoms with Crippen LogP contribution in [0.5, 0.6) is 11.5 Å². The summed E-state index contributed by atoms with van der Waals surface area (Å²) in [6.45, 7) is 1.02. The Morgan fingerprint density at radius 2 is 1.79 bits per heavy atom. The highest BCUT2D eigenvalue weighted by molar-refractivity contribution is 7.98. The summed E-state index contributed by atoms with van der Waals surface area (Å²) in [5.74, 6) is 3.23. The van der Waals surface area contributed by atoms with E-state index in [9.17, 15) is 0 Å². The second-order valence-electron chi connectivity index (χ2n) is 7.79. The van der Waals surface area contributed by atoms with Crippen molar-refractivity contribution in [3.05, 3.63) is 95.1 Å². The van der Waals surface area contributed by atoms with Gasteiger partial charge in [0.05, 0.1) is 16.8 Å². The average molecular weight is 491 g/mol. The number of halogens is 1. The van der Waals surface area contributed by atoms with Crippen LogP contribution in [0.15, 0.2) is 82.4 Å². The fourth-order valence-corrected chi connectivity index (χ4v) is 4.76. The van der Waals surface area contributed by atoms with Gasteiger partial charge in [0.25, 0.3) is 11.1 Å². The van der Waals surface area contributed by atoms with Crippen molar-refractivity contribution in [3.63, 3.8) is 0 Å². The number of thioether (sulfide) groups is 1. The first-order valence-electron chi connectivity index (χ1n) is 10.8. The van der Waals surface area contributed by atoms with E-state index in [1.807, 2.05) is 60.7 Å². The number of ether oxygens (including phenoxy) is 2. The molecule has 5 aromatic rings. The fourth-order valence-electron chi connectivity index (χ4n) is 3.88. The van der Waals surface area contributed by atoms with Crippen LogP contribution in [0.1, 0.15) is 23.4 Å². The Bertz CT molecular complexity index is 1450. The Morgan fingerprint density at radius 3 is 2.68 bits per heavy atom. The summed E-state index contributed by atoms with van der Waals surface area (Å²) >= 11 is 7.65. The SMILES string of the molecule is Clc1ccc2c(c1)nc(CSc1nnc(C3COc4ccccc4O3)o1)n2Cc1ccccc1. The number of rotatable bonds is 6. The molecule has 0 saturated carbocycles. The highest BCUT2D eigenvalue weighted by Crippen LogP contribution is 2.36. The van der Waals surface area contributed by atoms with Gasteiger partial charge in [0.15, 0.2) is 11.5 Å². The monoisotopic (exact) mass is 490 g/mol. The maximum Gasteiger partial charge on any atom is 0.277 e. The van der Waals surface area contributed by atoms with Gasteiger partial charge in [-0.1, -0.05) is 65.8 Å². The molecule has 1 aliphatic rings. The quantitative estimate of drug-likeness (QED) is 0.273. The van der Waals surface area contributed by atoms with Crippen LogP contribution in [0.25, 0.3) is 11.0 Å². The Hall–Kier alpha value is -3.49. The number of imidazole rings is 1. The molecule has 1 aliphatic heterocycles. The van der Waals surface area contributed by atoms with E-state index in [-0.39, 0.29) is 0 Å². The third-order valence-corrected chi connectivity index (χ3v) is 6.55. The van der Waals surface area contributed by atoms with Gasteiger partial charge in [-0.3, -0.25) is 0 Å². The molecule has 6 rings (SSSR count). The zero-order valence-corrected chi connectivity index (χ0v) is 19.5. The summed E-state index contributed by atoms with van der Waals surface area (Å²) in [7, 11) is 0. The molecule has 0 saturated heterocycles. The molecular weight excluding hydrogens is 472 g/mol. The van der Waals surface area contributed by atoms with Crippen LogP contribution >= 0.6 is 23.4 Å². The molecule has 34 heavy (non-hydrogen) atoms. The first kappa shape index (κ1) is 21.1. The van der Waals surface area contributed by atoms with Crippen LogP contribution in [0.4, 0.5) is 0 Å². The summed E-state index contributed by atoms with van der Waals surface area (Å²) in [5, 5.41) is 9.49. The molecule has 1 unspecified atom stereocenters. The standard InChI is InChI=1S/C25H19ClN4O3S/c26-17-10-11-19-18(12-17)27-23(30(19)13-16-6-2-1-3-7-16)15-34-25-29-28-24(33-25)22-14-31-20-8-4-5-9-21(20)32-22/h1-12,22H,13-15H2. The minimum absolute atomic E-state index is 0.316. The molecule has 170 valence electrons. The molecule has 0 bridgehead atoms. The third kappa shape index (κ3) is 4.22. The van der Waals surface area contributed by atoms with Crippen molar-refractivity contribution in [2.24, 2.45) is 0 Å². The number of hydrogen-bond acceptors (Lipinski definition) is 7. The zero-order valence-electron chi connectivity index (χ0n) is 17.9. The largest absolute Gasteiger partial charge is 0.485 e. The first-order valence-corrected chi connectivity index (χ1v) is 12.1. The van der Waals surface area contributed by atoms with E-state index in [1.54, 1.807) is 0 Å². The average Bonchev–Trinajstić information content (AvgIpc) is 3.48. The number of benzene rings is 3. The minimum Gasteiger partial charge on any atom is -0.485 e. The second-order valence-corrected chi connectivity index (χ2v) is 9.15. The van der Waals surface area contributed by atoms with Crippen molar-refractivity contribution < 1.29 is 13.9 Å². The van der Waals surface area contributed by atoms with Crippen LogP contribution in [-0.4, -0.2) is 26.4 Å². The van der Waals surface area contributed by atoms with Gasteiger partial charge in [-0.25, -0.2) is 4.98 Å². The van der Waals surface area contributed by atoms with Crippen LogP contribution in [0.3, 0.4) is 0 Å². The molecule has 0 spiro atoms. The highest BCUT2D eigenvalue weighted by Gasteiger charge is 2.27. The Kier molecular flexibility index (Phi) is 5.60. The van der Waals surface area contributed by atoms with Gasteiger partial charge in [0.2, 0.25) is 6.10 Å². The van der Waals surface area contributed by atoms with E-state index in [1.165, 1.54) is 17.3 Å². The van der Waals surface area contributed by atoms with Crippen molar-refractivity contribution >= 4 is 34.4 Å². The molecule has 3 aromatic carbocycles. The van der Waals surface area contributed by atoms with E-state index in [2.05, 4.69) is 26.9 Å². The molecule has 9 heteroatoms. The maximum atomic E-state index is 6.21. The summed E-state index contributed by atoms with van der Waals surface area (Å²) in [6, 6.07) is 23.6. The Morgan fingerprint density at radius 1 is 0.971 bits per heavy atom. The summed E-state index contributed by atoms with van der Waals surface area (Å²) < 4.78 is 19.8. The molecule has 0 fully saturated rings. The van der Waals surface area contributed by atoms with Gasteiger partial charge < -0.3 is 18.5 Å². The lowest BCUT2D eigenvalue weighted by Gasteiger charge is -2.23. The van der Waals surface area contributed by atoms with Gasteiger partial charge in [-0.05, 0) is 35.9 Å².